The number of hydrogen-bond donors (Lipinski definition) is 0. The van der Waals surface area contributed by atoms with Gasteiger partial charge in [0.05, 0.1) is 5.52 Å². The number of aromatic nitrogens is 2. The van der Waals surface area contributed by atoms with Crippen LogP contribution in [-0.4, -0.2) is 16.7 Å². The van der Waals surface area contributed by atoms with E-state index in [0.717, 1.165) is 10.9 Å². The highest BCUT2D eigenvalue weighted by molar-refractivity contribution is 5.78. The summed E-state index contributed by atoms with van der Waals surface area (Å²) in [4.78, 5) is 10.0. The van der Waals surface area contributed by atoms with Crippen LogP contribution in [0.25, 0.3) is 10.9 Å². The van der Waals surface area contributed by atoms with Crippen LogP contribution in [0.1, 0.15) is 0 Å². The van der Waals surface area contributed by atoms with Crippen LogP contribution in [0.2, 0.25) is 0 Å². The van der Waals surface area contributed by atoms with Gasteiger partial charge in [0.15, 0.2) is 0 Å². The molecular formula is C9H6N2O2. The SMILES string of the molecule is O=COc1cc2ccccc2nn1. The molecule has 4 heteroatoms. The van der Waals surface area contributed by atoms with Crippen molar-refractivity contribution in [3.8, 4) is 5.88 Å². The second-order valence-corrected chi connectivity index (χ2v) is 2.46. The fraction of sp³-hybridized carbons (Fsp3) is 0. The van der Waals surface area contributed by atoms with Gasteiger partial charge in [-0.15, -0.1) is 10.2 Å². The Labute approximate surface area is 74.2 Å². The van der Waals surface area contributed by atoms with Crippen molar-refractivity contribution >= 4 is 17.4 Å². The summed E-state index contributed by atoms with van der Waals surface area (Å²) in [6.07, 6.45) is 0. The summed E-state index contributed by atoms with van der Waals surface area (Å²) in [5.41, 5.74) is 0.778. The lowest BCUT2D eigenvalue weighted by Gasteiger charge is -1.97. The third-order valence-electron chi connectivity index (χ3n) is 1.64. The maximum absolute atomic E-state index is 10.0. The molecule has 0 fully saturated rings. The van der Waals surface area contributed by atoms with Gasteiger partial charge in [0, 0.05) is 11.5 Å². The number of nitrogens with zero attached hydrogens (tertiary/aromatic N) is 2. The molecule has 0 atom stereocenters. The molecule has 0 bridgehead atoms. The Morgan fingerprint density at radius 1 is 1.23 bits per heavy atom. The first-order valence-electron chi connectivity index (χ1n) is 3.73. The molecule has 0 saturated carbocycles. The maximum Gasteiger partial charge on any atom is 0.299 e. The van der Waals surface area contributed by atoms with Gasteiger partial charge in [-0.3, -0.25) is 4.79 Å². The molecule has 0 aliphatic carbocycles. The summed E-state index contributed by atoms with van der Waals surface area (Å²) in [5.74, 6) is 0.216. The lowest BCUT2D eigenvalue weighted by Crippen LogP contribution is -1.93. The van der Waals surface area contributed by atoms with Gasteiger partial charge in [-0.25, -0.2) is 0 Å². The van der Waals surface area contributed by atoms with Crippen LogP contribution in [0.15, 0.2) is 30.3 Å². The van der Waals surface area contributed by atoms with Crippen molar-refractivity contribution in [3.05, 3.63) is 30.3 Å². The topological polar surface area (TPSA) is 52.1 Å². The second kappa shape index (κ2) is 3.18. The minimum Gasteiger partial charge on any atom is -0.408 e. The van der Waals surface area contributed by atoms with Gasteiger partial charge < -0.3 is 4.74 Å². The van der Waals surface area contributed by atoms with Crippen LogP contribution in [0.4, 0.5) is 0 Å². The van der Waals surface area contributed by atoms with Gasteiger partial charge in [-0.1, -0.05) is 18.2 Å². The second-order valence-electron chi connectivity index (χ2n) is 2.46. The molecule has 1 heterocycles. The third-order valence-corrected chi connectivity index (χ3v) is 1.64. The molecule has 2 aromatic rings. The summed E-state index contributed by atoms with van der Waals surface area (Å²) in [6, 6.07) is 9.14. The van der Waals surface area contributed by atoms with Gasteiger partial charge >= 0.3 is 0 Å². The van der Waals surface area contributed by atoms with Gasteiger partial charge in [-0.2, -0.15) is 0 Å². The minimum absolute atomic E-state index is 0.216. The van der Waals surface area contributed by atoms with Crippen molar-refractivity contribution in [1.29, 1.82) is 0 Å². The molecule has 0 N–H and O–H groups in total. The molecule has 64 valence electrons. The molecule has 2 rings (SSSR count). The van der Waals surface area contributed by atoms with Crippen molar-refractivity contribution in [2.45, 2.75) is 0 Å². The predicted octanol–water partition coefficient (Wildman–Crippen LogP) is 1.16. The molecule has 13 heavy (non-hydrogen) atoms. The zero-order chi connectivity index (χ0) is 9.10. The molecule has 0 radical (unpaired) electrons. The predicted molar refractivity (Wildman–Crippen MR) is 46.2 cm³/mol. The van der Waals surface area contributed by atoms with E-state index in [0.29, 0.717) is 6.47 Å². The van der Waals surface area contributed by atoms with E-state index in [2.05, 4.69) is 14.9 Å². The molecule has 4 nitrogen and oxygen atoms in total. The number of hydrogen-bond acceptors (Lipinski definition) is 4. The van der Waals surface area contributed by atoms with Crippen molar-refractivity contribution in [2.75, 3.05) is 0 Å². The summed E-state index contributed by atoms with van der Waals surface area (Å²) in [5, 5.41) is 8.46. The summed E-state index contributed by atoms with van der Waals surface area (Å²) in [6.45, 7) is 0.332. The van der Waals surface area contributed by atoms with Crippen molar-refractivity contribution in [2.24, 2.45) is 0 Å². The fourth-order valence-electron chi connectivity index (χ4n) is 1.07. The number of benzene rings is 1. The van der Waals surface area contributed by atoms with Crippen LogP contribution in [0.3, 0.4) is 0 Å². The number of carbonyl (C=O) groups is 1. The lowest BCUT2D eigenvalue weighted by atomic mass is 10.2. The molecule has 0 aliphatic rings. The summed E-state index contributed by atoms with van der Waals surface area (Å²) in [7, 11) is 0. The van der Waals surface area contributed by atoms with E-state index in [1.54, 1.807) is 6.07 Å². The van der Waals surface area contributed by atoms with E-state index < -0.39 is 0 Å². The molecule has 0 unspecified atom stereocenters. The van der Waals surface area contributed by atoms with Crippen LogP contribution >= 0.6 is 0 Å². The van der Waals surface area contributed by atoms with E-state index in [1.165, 1.54) is 0 Å². The molecule has 1 aromatic carbocycles. The molecule has 0 saturated heterocycles. The molecular weight excluding hydrogens is 168 g/mol. The van der Waals surface area contributed by atoms with Gasteiger partial charge in [-0.05, 0) is 6.07 Å². The first kappa shape index (κ1) is 7.67. The Balaban J connectivity index is 2.55. The smallest absolute Gasteiger partial charge is 0.299 e. The van der Waals surface area contributed by atoms with E-state index in [1.807, 2.05) is 24.3 Å². The average molecular weight is 174 g/mol. The van der Waals surface area contributed by atoms with Crippen molar-refractivity contribution in [3.63, 3.8) is 0 Å². The lowest BCUT2D eigenvalue weighted by molar-refractivity contribution is -0.120. The number of rotatable bonds is 2. The molecule has 0 aliphatic heterocycles. The van der Waals surface area contributed by atoms with Crippen LogP contribution in [-0.2, 0) is 4.79 Å². The normalized spacial score (nSPS) is 9.85. The highest BCUT2D eigenvalue weighted by Gasteiger charge is 1.98. The van der Waals surface area contributed by atoms with Crippen molar-refractivity contribution in [1.82, 2.24) is 10.2 Å². The molecule has 1 aromatic heterocycles. The highest BCUT2D eigenvalue weighted by atomic mass is 16.5. The average Bonchev–Trinajstić information content (AvgIpc) is 2.18. The summed E-state index contributed by atoms with van der Waals surface area (Å²) < 4.78 is 4.56. The van der Waals surface area contributed by atoms with E-state index in [-0.39, 0.29) is 5.88 Å². The zero-order valence-electron chi connectivity index (χ0n) is 6.68. The Morgan fingerprint density at radius 2 is 2.08 bits per heavy atom. The van der Waals surface area contributed by atoms with E-state index >= 15 is 0 Å². The molecule has 0 amide bonds. The monoisotopic (exact) mass is 174 g/mol. The first-order valence-corrected chi connectivity index (χ1v) is 3.73. The van der Waals surface area contributed by atoms with Crippen LogP contribution in [0.5, 0.6) is 5.88 Å². The largest absolute Gasteiger partial charge is 0.408 e. The van der Waals surface area contributed by atoms with Gasteiger partial charge in [0.2, 0.25) is 5.88 Å². The standard InChI is InChI=1S/C9H6N2O2/c12-6-13-9-5-7-3-1-2-4-8(7)10-11-9/h1-6H. The third kappa shape index (κ3) is 1.46. The Morgan fingerprint density at radius 3 is 2.92 bits per heavy atom. The Bertz CT molecular complexity index is 442. The number of carbonyl (C=O) groups excluding carboxylic acids is 1. The maximum atomic E-state index is 10.0. The van der Waals surface area contributed by atoms with Gasteiger partial charge in [0.1, 0.15) is 0 Å². The fourth-order valence-corrected chi connectivity index (χ4v) is 1.07. The Kier molecular flexibility index (Phi) is 1.88. The number of fused-ring (bicyclic) bond motifs is 1. The zero-order valence-corrected chi connectivity index (χ0v) is 6.68. The number of ether oxygens (including phenoxy) is 1. The Hall–Kier alpha value is -1.97. The van der Waals surface area contributed by atoms with E-state index in [9.17, 15) is 4.79 Å². The van der Waals surface area contributed by atoms with E-state index in [4.69, 9.17) is 0 Å². The first-order chi connectivity index (χ1) is 6.40. The van der Waals surface area contributed by atoms with Crippen molar-refractivity contribution < 1.29 is 9.53 Å². The van der Waals surface area contributed by atoms with Gasteiger partial charge in [0.25, 0.3) is 6.47 Å². The van der Waals surface area contributed by atoms with Crippen LogP contribution < -0.4 is 4.74 Å². The molecule has 0 spiro atoms. The summed E-state index contributed by atoms with van der Waals surface area (Å²) >= 11 is 0. The highest BCUT2D eigenvalue weighted by Crippen LogP contribution is 2.14. The quantitative estimate of drug-likeness (QED) is 0.641. The van der Waals surface area contributed by atoms with Crippen LogP contribution in [0, 0.1) is 0 Å². The minimum atomic E-state index is 0.216.